The minimum absolute atomic E-state index is 0.0394. The van der Waals surface area contributed by atoms with Crippen molar-refractivity contribution < 1.29 is 27.5 Å². The first-order chi connectivity index (χ1) is 13.9. The van der Waals surface area contributed by atoms with Crippen LogP contribution in [0.2, 0.25) is 0 Å². The standard InChI is InChI=1S/C20H22N2O6S/c23-19(22-16-7-2-1-3-8-16)14-28-20(24)15-6-4-10-18(12-15)29(25,26)21-13-17-9-5-11-27-17/h1-4,6-8,10,12,17,21H,5,9,11,13-14H2,(H,22,23)/t17-/m1/s1. The fourth-order valence-corrected chi connectivity index (χ4v) is 3.93. The van der Waals surface area contributed by atoms with Gasteiger partial charge in [-0.15, -0.1) is 0 Å². The van der Waals surface area contributed by atoms with E-state index in [1.807, 2.05) is 6.07 Å². The Hall–Kier alpha value is -2.75. The fraction of sp³-hybridized carbons (Fsp3) is 0.300. The molecule has 1 heterocycles. The molecule has 0 radical (unpaired) electrons. The lowest BCUT2D eigenvalue weighted by Gasteiger charge is -2.12. The van der Waals surface area contributed by atoms with Crippen LogP contribution in [0.1, 0.15) is 23.2 Å². The lowest BCUT2D eigenvalue weighted by molar-refractivity contribution is -0.119. The minimum Gasteiger partial charge on any atom is -0.452 e. The number of amides is 1. The SMILES string of the molecule is O=C(COC(=O)c1cccc(S(=O)(=O)NC[C@H]2CCCO2)c1)Nc1ccccc1. The molecule has 0 unspecified atom stereocenters. The molecule has 9 heteroatoms. The Kier molecular flexibility index (Phi) is 6.97. The zero-order valence-electron chi connectivity index (χ0n) is 15.7. The second-order valence-corrected chi connectivity index (χ2v) is 8.27. The molecule has 1 amide bonds. The highest BCUT2D eigenvalue weighted by Crippen LogP contribution is 2.15. The van der Waals surface area contributed by atoms with Gasteiger partial charge in [0.05, 0.1) is 16.6 Å². The molecule has 8 nitrogen and oxygen atoms in total. The van der Waals surface area contributed by atoms with Gasteiger partial charge in [-0.05, 0) is 43.2 Å². The summed E-state index contributed by atoms with van der Waals surface area (Å²) in [6, 6.07) is 14.2. The normalized spacial score (nSPS) is 16.3. The third-order valence-corrected chi connectivity index (χ3v) is 5.72. The second-order valence-electron chi connectivity index (χ2n) is 6.51. The van der Waals surface area contributed by atoms with Crippen LogP contribution in [-0.2, 0) is 24.3 Å². The van der Waals surface area contributed by atoms with E-state index in [2.05, 4.69) is 10.0 Å². The summed E-state index contributed by atoms with van der Waals surface area (Å²) in [4.78, 5) is 24.0. The summed E-state index contributed by atoms with van der Waals surface area (Å²) in [5, 5.41) is 2.59. The van der Waals surface area contributed by atoms with Crippen molar-refractivity contribution in [2.75, 3.05) is 25.1 Å². The first kappa shape index (κ1) is 21.0. The number of carbonyl (C=O) groups is 2. The maximum atomic E-state index is 12.5. The number of benzene rings is 2. The summed E-state index contributed by atoms with van der Waals surface area (Å²) in [6.07, 6.45) is 1.58. The average molecular weight is 418 g/mol. The molecule has 154 valence electrons. The predicted molar refractivity (Wildman–Crippen MR) is 106 cm³/mol. The third kappa shape index (κ3) is 6.11. The average Bonchev–Trinajstić information content (AvgIpc) is 3.25. The van der Waals surface area contributed by atoms with Crippen LogP contribution in [0.5, 0.6) is 0 Å². The number of ether oxygens (including phenoxy) is 2. The first-order valence-corrected chi connectivity index (χ1v) is 10.7. The van der Waals surface area contributed by atoms with E-state index in [1.54, 1.807) is 24.3 Å². The molecular formula is C20H22N2O6S. The molecule has 1 aliphatic heterocycles. The van der Waals surface area contributed by atoms with Crippen molar-refractivity contribution in [1.82, 2.24) is 4.72 Å². The third-order valence-electron chi connectivity index (χ3n) is 4.30. The molecular weight excluding hydrogens is 396 g/mol. The Morgan fingerprint density at radius 1 is 1.10 bits per heavy atom. The molecule has 1 aliphatic rings. The molecule has 0 saturated carbocycles. The maximum Gasteiger partial charge on any atom is 0.338 e. The van der Waals surface area contributed by atoms with Gasteiger partial charge in [0.2, 0.25) is 10.0 Å². The molecule has 0 aromatic heterocycles. The number of rotatable bonds is 8. The van der Waals surface area contributed by atoms with Crippen LogP contribution in [0.15, 0.2) is 59.5 Å². The molecule has 29 heavy (non-hydrogen) atoms. The zero-order valence-corrected chi connectivity index (χ0v) is 16.5. The number of carbonyl (C=O) groups excluding carboxylic acids is 2. The predicted octanol–water partition coefficient (Wildman–Crippen LogP) is 1.94. The number of hydrogen-bond donors (Lipinski definition) is 2. The number of sulfonamides is 1. The highest BCUT2D eigenvalue weighted by molar-refractivity contribution is 7.89. The van der Waals surface area contributed by atoms with Gasteiger partial charge in [0.15, 0.2) is 6.61 Å². The van der Waals surface area contributed by atoms with Crippen LogP contribution in [0.3, 0.4) is 0 Å². The first-order valence-electron chi connectivity index (χ1n) is 9.17. The van der Waals surface area contributed by atoms with Gasteiger partial charge in [-0.2, -0.15) is 0 Å². The van der Waals surface area contributed by atoms with Crippen LogP contribution in [0.25, 0.3) is 0 Å². The van der Waals surface area contributed by atoms with Gasteiger partial charge in [0, 0.05) is 18.8 Å². The minimum atomic E-state index is -3.79. The van der Waals surface area contributed by atoms with E-state index in [0.29, 0.717) is 12.3 Å². The van der Waals surface area contributed by atoms with E-state index in [-0.39, 0.29) is 23.1 Å². The molecule has 3 rings (SSSR count). The van der Waals surface area contributed by atoms with E-state index in [4.69, 9.17) is 9.47 Å². The highest BCUT2D eigenvalue weighted by Gasteiger charge is 2.21. The molecule has 2 aromatic carbocycles. The molecule has 0 spiro atoms. The Labute approximate surface area is 169 Å². The molecule has 1 fully saturated rings. The molecule has 0 bridgehead atoms. The summed E-state index contributed by atoms with van der Waals surface area (Å²) >= 11 is 0. The smallest absolute Gasteiger partial charge is 0.338 e. The van der Waals surface area contributed by atoms with Crippen molar-refractivity contribution in [3.8, 4) is 0 Å². The van der Waals surface area contributed by atoms with Crippen molar-refractivity contribution in [2.24, 2.45) is 0 Å². The summed E-state index contributed by atoms with van der Waals surface area (Å²) in [5.74, 6) is -1.28. The molecule has 2 N–H and O–H groups in total. The highest BCUT2D eigenvalue weighted by atomic mass is 32.2. The van der Waals surface area contributed by atoms with Crippen LogP contribution in [0, 0.1) is 0 Å². The number of para-hydroxylation sites is 1. The van der Waals surface area contributed by atoms with E-state index >= 15 is 0 Å². The van der Waals surface area contributed by atoms with Gasteiger partial charge in [0.25, 0.3) is 5.91 Å². The van der Waals surface area contributed by atoms with Gasteiger partial charge < -0.3 is 14.8 Å². The lowest BCUT2D eigenvalue weighted by Crippen LogP contribution is -2.32. The van der Waals surface area contributed by atoms with Gasteiger partial charge >= 0.3 is 5.97 Å². The Bertz CT molecular complexity index is 956. The maximum absolute atomic E-state index is 12.5. The van der Waals surface area contributed by atoms with Crippen LogP contribution < -0.4 is 10.0 Å². The van der Waals surface area contributed by atoms with Crippen molar-refractivity contribution in [2.45, 2.75) is 23.8 Å². The summed E-state index contributed by atoms with van der Waals surface area (Å²) in [7, 11) is -3.79. The van der Waals surface area contributed by atoms with Crippen molar-refractivity contribution >= 4 is 27.6 Å². The van der Waals surface area contributed by atoms with Crippen molar-refractivity contribution in [1.29, 1.82) is 0 Å². The van der Waals surface area contributed by atoms with E-state index < -0.39 is 28.5 Å². The van der Waals surface area contributed by atoms with Crippen LogP contribution in [-0.4, -0.2) is 46.2 Å². The summed E-state index contributed by atoms with van der Waals surface area (Å²) in [5.41, 5.74) is 0.622. The van der Waals surface area contributed by atoms with E-state index in [9.17, 15) is 18.0 Å². The molecule has 0 aliphatic carbocycles. The van der Waals surface area contributed by atoms with Gasteiger partial charge in [-0.25, -0.2) is 17.9 Å². The topological polar surface area (TPSA) is 111 Å². The second kappa shape index (κ2) is 9.64. The van der Waals surface area contributed by atoms with E-state index in [1.165, 1.54) is 24.3 Å². The monoisotopic (exact) mass is 418 g/mol. The van der Waals surface area contributed by atoms with E-state index in [0.717, 1.165) is 12.8 Å². The number of anilines is 1. The Balaban J connectivity index is 1.56. The molecule has 1 atom stereocenters. The number of hydrogen-bond acceptors (Lipinski definition) is 6. The number of nitrogens with one attached hydrogen (secondary N) is 2. The molecule has 1 saturated heterocycles. The summed E-state index contributed by atoms with van der Waals surface area (Å²) < 4.78 is 37.8. The molecule has 2 aromatic rings. The van der Waals surface area contributed by atoms with Crippen molar-refractivity contribution in [3.05, 3.63) is 60.2 Å². The van der Waals surface area contributed by atoms with Crippen LogP contribution >= 0.6 is 0 Å². The van der Waals surface area contributed by atoms with Gasteiger partial charge in [-0.1, -0.05) is 24.3 Å². The van der Waals surface area contributed by atoms with Crippen molar-refractivity contribution in [3.63, 3.8) is 0 Å². The summed E-state index contributed by atoms with van der Waals surface area (Å²) in [6.45, 7) is 0.324. The van der Waals surface area contributed by atoms with Gasteiger partial charge in [-0.3, -0.25) is 4.79 Å². The zero-order chi connectivity index (χ0) is 20.7. The van der Waals surface area contributed by atoms with Crippen LogP contribution in [0.4, 0.5) is 5.69 Å². The number of esters is 1. The lowest BCUT2D eigenvalue weighted by atomic mass is 10.2. The largest absolute Gasteiger partial charge is 0.452 e. The Morgan fingerprint density at radius 2 is 1.90 bits per heavy atom. The van der Waals surface area contributed by atoms with Gasteiger partial charge in [0.1, 0.15) is 0 Å². The quantitative estimate of drug-likeness (QED) is 0.634. The Morgan fingerprint density at radius 3 is 2.62 bits per heavy atom. The fourth-order valence-electron chi connectivity index (χ4n) is 2.81.